The van der Waals surface area contributed by atoms with Crippen LogP contribution in [-0.4, -0.2) is 24.8 Å². The van der Waals surface area contributed by atoms with E-state index in [0.29, 0.717) is 11.7 Å². The van der Waals surface area contributed by atoms with E-state index in [9.17, 15) is 0 Å². The van der Waals surface area contributed by atoms with Crippen LogP contribution in [0.25, 0.3) is 0 Å². The van der Waals surface area contributed by atoms with Crippen molar-refractivity contribution in [3.63, 3.8) is 0 Å². The smallest absolute Gasteiger partial charge is 0.0708 e. The number of hydrogen-bond donors (Lipinski definition) is 1. The molecule has 0 amide bonds. The van der Waals surface area contributed by atoms with Gasteiger partial charge in [-0.3, -0.25) is 0 Å². The first-order valence-corrected chi connectivity index (χ1v) is 9.59. The quantitative estimate of drug-likeness (QED) is 0.600. The van der Waals surface area contributed by atoms with Gasteiger partial charge in [-0.15, -0.1) is 0 Å². The zero-order chi connectivity index (χ0) is 15.0. The summed E-state index contributed by atoms with van der Waals surface area (Å²) in [5.41, 5.74) is 0.293. The molecule has 2 rings (SSSR count). The maximum Gasteiger partial charge on any atom is 0.0708 e. The minimum atomic E-state index is 0.293. The van der Waals surface area contributed by atoms with E-state index in [1.165, 1.54) is 83.6 Å². The first-order valence-electron chi connectivity index (χ1n) is 9.59. The molecule has 21 heavy (non-hydrogen) atoms. The van der Waals surface area contributed by atoms with Crippen molar-refractivity contribution in [3.05, 3.63) is 0 Å². The first kappa shape index (κ1) is 17.3. The Morgan fingerprint density at radius 2 is 1.76 bits per heavy atom. The highest BCUT2D eigenvalue weighted by Gasteiger charge is 2.40. The van der Waals surface area contributed by atoms with Gasteiger partial charge in [-0.25, -0.2) is 0 Å². The van der Waals surface area contributed by atoms with Gasteiger partial charge in [0.25, 0.3) is 0 Å². The van der Waals surface area contributed by atoms with Crippen molar-refractivity contribution in [2.75, 3.05) is 13.1 Å². The van der Waals surface area contributed by atoms with Gasteiger partial charge >= 0.3 is 0 Å². The summed E-state index contributed by atoms with van der Waals surface area (Å²) >= 11 is 0. The van der Waals surface area contributed by atoms with E-state index in [1.807, 2.05) is 0 Å². The van der Waals surface area contributed by atoms with E-state index in [0.717, 1.165) is 12.5 Å². The van der Waals surface area contributed by atoms with Crippen LogP contribution in [-0.2, 0) is 4.74 Å². The highest BCUT2D eigenvalue weighted by atomic mass is 16.5. The number of hydrogen-bond acceptors (Lipinski definition) is 2. The topological polar surface area (TPSA) is 21.3 Å². The molecular formula is C19H37NO. The predicted molar refractivity (Wildman–Crippen MR) is 90.7 cm³/mol. The van der Waals surface area contributed by atoms with Gasteiger partial charge in [0.05, 0.1) is 11.7 Å². The summed E-state index contributed by atoms with van der Waals surface area (Å²) in [7, 11) is 0. The third kappa shape index (κ3) is 6.28. The van der Waals surface area contributed by atoms with Crippen molar-refractivity contribution >= 4 is 0 Å². The summed E-state index contributed by atoms with van der Waals surface area (Å²) in [6.45, 7) is 6.90. The van der Waals surface area contributed by atoms with E-state index in [4.69, 9.17) is 4.74 Å². The van der Waals surface area contributed by atoms with E-state index < -0.39 is 0 Å². The van der Waals surface area contributed by atoms with Crippen LogP contribution < -0.4 is 5.32 Å². The molecule has 2 aliphatic rings. The molecule has 1 unspecified atom stereocenters. The monoisotopic (exact) mass is 295 g/mol. The Morgan fingerprint density at radius 3 is 2.52 bits per heavy atom. The Balaban J connectivity index is 1.45. The maximum absolute atomic E-state index is 6.40. The lowest BCUT2D eigenvalue weighted by atomic mass is 9.83. The van der Waals surface area contributed by atoms with Gasteiger partial charge in [0.1, 0.15) is 0 Å². The highest BCUT2D eigenvalue weighted by molar-refractivity contribution is 4.91. The van der Waals surface area contributed by atoms with Gasteiger partial charge < -0.3 is 10.1 Å². The zero-order valence-corrected chi connectivity index (χ0v) is 14.5. The second kappa shape index (κ2) is 9.15. The fourth-order valence-electron chi connectivity index (χ4n) is 4.02. The van der Waals surface area contributed by atoms with Crippen LogP contribution >= 0.6 is 0 Å². The van der Waals surface area contributed by atoms with Crippen molar-refractivity contribution in [3.8, 4) is 0 Å². The van der Waals surface area contributed by atoms with E-state index in [2.05, 4.69) is 19.2 Å². The Labute approximate surface area is 132 Å². The average Bonchev–Trinajstić information content (AvgIpc) is 2.85. The molecule has 2 fully saturated rings. The van der Waals surface area contributed by atoms with Gasteiger partial charge in [0.2, 0.25) is 0 Å². The maximum atomic E-state index is 6.40. The van der Waals surface area contributed by atoms with Crippen LogP contribution in [0.5, 0.6) is 0 Å². The lowest BCUT2D eigenvalue weighted by molar-refractivity contribution is -0.0623. The van der Waals surface area contributed by atoms with E-state index >= 15 is 0 Å². The molecule has 124 valence electrons. The predicted octanol–water partition coefficient (Wildman–Crippen LogP) is 5.06. The van der Waals surface area contributed by atoms with Crippen molar-refractivity contribution in [1.29, 1.82) is 0 Å². The summed E-state index contributed by atoms with van der Waals surface area (Å²) in [6, 6.07) is 0. The summed E-state index contributed by atoms with van der Waals surface area (Å²) in [5.74, 6) is 0.870. The Morgan fingerprint density at radius 1 is 1.00 bits per heavy atom. The van der Waals surface area contributed by atoms with Crippen molar-refractivity contribution in [1.82, 2.24) is 5.32 Å². The van der Waals surface area contributed by atoms with Gasteiger partial charge in [0, 0.05) is 6.54 Å². The van der Waals surface area contributed by atoms with Crippen LogP contribution in [0.3, 0.4) is 0 Å². The minimum Gasteiger partial charge on any atom is -0.370 e. The molecule has 2 nitrogen and oxygen atoms in total. The fraction of sp³-hybridized carbons (Fsp3) is 1.00. The fourth-order valence-corrected chi connectivity index (χ4v) is 4.02. The molecule has 2 heteroatoms. The number of ether oxygens (including phenoxy) is 1. The molecule has 0 aromatic heterocycles. The van der Waals surface area contributed by atoms with Gasteiger partial charge in [-0.1, -0.05) is 58.8 Å². The molecule has 1 saturated carbocycles. The van der Waals surface area contributed by atoms with Crippen LogP contribution in [0.4, 0.5) is 0 Å². The second-order valence-electron chi connectivity index (χ2n) is 7.82. The third-order valence-electron chi connectivity index (χ3n) is 5.36. The SMILES string of the molecule is CC(C)CCCCCCNCC1CCC2(CCCCC2)O1. The Kier molecular flexibility index (Phi) is 7.53. The summed E-state index contributed by atoms with van der Waals surface area (Å²) < 4.78 is 6.40. The van der Waals surface area contributed by atoms with Crippen molar-refractivity contribution in [2.45, 2.75) is 103 Å². The summed E-state index contributed by atoms with van der Waals surface area (Å²) in [6.07, 6.45) is 16.8. The number of nitrogens with one attached hydrogen (secondary N) is 1. The molecule has 1 saturated heterocycles. The number of rotatable bonds is 9. The molecule has 1 atom stereocenters. The molecule has 1 N–H and O–H groups in total. The molecule has 0 bridgehead atoms. The van der Waals surface area contributed by atoms with Crippen molar-refractivity contribution in [2.24, 2.45) is 5.92 Å². The standard InChI is InChI=1S/C19H37NO/c1-17(2)10-6-3-4-9-15-20-16-18-11-14-19(21-18)12-7-5-8-13-19/h17-18,20H,3-16H2,1-2H3. The Bertz CT molecular complexity index is 271. The lowest BCUT2D eigenvalue weighted by Crippen LogP contribution is -2.34. The first-order chi connectivity index (χ1) is 10.2. The van der Waals surface area contributed by atoms with E-state index in [1.54, 1.807) is 0 Å². The highest BCUT2D eigenvalue weighted by Crippen LogP contribution is 2.41. The molecular weight excluding hydrogens is 258 g/mol. The molecule has 1 aliphatic heterocycles. The zero-order valence-electron chi connectivity index (χ0n) is 14.5. The van der Waals surface area contributed by atoms with Gasteiger partial charge in [0.15, 0.2) is 0 Å². The van der Waals surface area contributed by atoms with Gasteiger partial charge in [-0.05, 0) is 44.6 Å². The molecule has 1 spiro atoms. The minimum absolute atomic E-state index is 0.293. The molecule has 0 radical (unpaired) electrons. The molecule has 1 aliphatic carbocycles. The molecule has 1 heterocycles. The van der Waals surface area contributed by atoms with Crippen molar-refractivity contribution < 1.29 is 4.74 Å². The van der Waals surface area contributed by atoms with E-state index in [-0.39, 0.29) is 0 Å². The Hall–Kier alpha value is -0.0800. The largest absolute Gasteiger partial charge is 0.370 e. The summed E-state index contributed by atoms with van der Waals surface area (Å²) in [5, 5.41) is 3.62. The number of unbranched alkanes of at least 4 members (excludes halogenated alkanes) is 3. The normalized spacial score (nSPS) is 25.0. The van der Waals surface area contributed by atoms with Gasteiger partial charge in [-0.2, -0.15) is 0 Å². The van der Waals surface area contributed by atoms with Crippen LogP contribution in [0.1, 0.15) is 90.9 Å². The second-order valence-corrected chi connectivity index (χ2v) is 7.82. The van der Waals surface area contributed by atoms with Crippen LogP contribution in [0.2, 0.25) is 0 Å². The summed E-state index contributed by atoms with van der Waals surface area (Å²) in [4.78, 5) is 0. The molecule has 0 aromatic carbocycles. The molecule has 0 aromatic rings. The average molecular weight is 296 g/mol. The van der Waals surface area contributed by atoms with Crippen LogP contribution in [0.15, 0.2) is 0 Å². The van der Waals surface area contributed by atoms with Crippen LogP contribution in [0, 0.1) is 5.92 Å². The third-order valence-corrected chi connectivity index (χ3v) is 5.36. The lowest BCUT2D eigenvalue weighted by Gasteiger charge is -2.33.